The lowest BCUT2D eigenvalue weighted by Crippen LogP contribution is -1.99. The first-order valence-electron chi connectivity index (χ1n) is 5.09. The van der Waals surface area contributed by atoms with Gasteiger partial charge in [0, 0.05) is 12.7 Å². The quantitative estimate of drug-likeness (QED) is 0.926. The Bertz CT molecular complexity index is 515. The Morgan fingerprint density at radius 3 is 2.94 bits per heavy atom. The Morgan fingerprint density at radius 1 is 1.41 bits per heavy atom. The van der Waals surface area contributed by atoms with Gasteiger partial charge in [0.05, 0.1) is 10.0 Å². The summed E-state index contributed by atoms with van der Waals surface area (Å²) in [5, 5.41) is 7.62. The molecular weight excluding hydrogens is 263 g/mol. The monoisotopic (exact) mass is 272 g/mol. The van der Waals surface area contributed by atoms with Gasteiger partial charge in [0.25, 0.3) is 0 Å². The first-order valence-corrected chi connectivity index (χ1v) is 5.85. The molecule has 17 heavy (non-hydrogen) atoms. The van der Waals surface area contributed by atoms with E-state index in [4.69, 9.17) is 27.7 Å². The zero-order valence-corrected chi connectivity index (χ0v) is 10.6. The molecule has 2 heterocycles. The Balaban J connectivity index is 2.24. The number of aromatic nitrogens is 3. The number of nitrogens with one attached hydrogen (secondary N) is 1. The number of nitrogens with zero attached hydrogens (tertiary/aromatic N) is 3. The van der Waals surface area contributed by atoms with Crippen LogP contribution in [-0.2, 0) is 0 Å². The van der Waals surface area contributed by atoms with Crippen molar-refractivity contribution >= 4 is 29.2 Å². The van der Waals surface area contributed by atoms with Gasteiger partial charge in [-0.2, -0.15) is 4.98 Å². The molecule has 0 saturated heterocycles. The van der Waals surface area contributed by atoms with Crippen molar-refractivity contribution in [3.8, 4) is 11.5 Å². The highest BCUT2D eigenvalue weighted by Crippen LogP contribution is 2.26. The SMILES string of the molecule is CCCNc1nc(-c2ncc(Cl)cc2Cl)no1. The summed E-state index contributed by atoms with van der Waals surface area (Å²) in [6.07, 6.45) is 2.45. The van der Waals surface area contributed by atoms with Gasteiger partial charge in [-0.25, -0.2) is 4.98 Å². The van der Waals surface area contributed by atoms with E-state index in [2.05, 4.69) is 20.4 Å². The molecule has 0 aliphatic carbocycles. The molecule has 0 aliphatic rings. The van der Waals surface area contributed by atoms with Crippen molar-refractivity contribution in [2.24, 2.45) is 0 Å². The molecule has 0 radical (unpaired) electrons. The van der Waals surface area contributed by atoms with Gasteiger partial charge >= 0.3 is 6.01 Å². The summed E-state index contributed by atoms with van der Waals surface area (Å²) in [6, 6.07) is 1.94. The maximum atomic E-state index is 5.99. The summed E-state index contributed by atoms with van der Waals surface area (Å²) in [7, 11) is 0. The minimum Gasteiger partial charge on any atom is -0.338 e. The van der Waals surface area contributed by atoms with Crippen LogP contribution in [0.2, 0.25) is 10.0 Å². The fourth-order valence-electron chi connectivity index (χ4n) is 1.20. The minimum atomic E-state index is 0.338. The number of halogens is 2. The second-order valence-electron chi connectivity index (χ2n) is 3.33. The van der Waals surface area contributed by atoms with Gasteiger partial charge in [-0.3, -0.25) is 0 Å². The Hall–Kier alpha value is -1.33. The van der Waals surface area contributed by atoms with Crippen molar-refractivity contribution in [3.05, 3.63) is 22.3 Å². The van der Waals surface area contributed by atoms with Crippen LogP contribution in [0.3, 0.4) is 0 Å². The van der Waals surface area contributed by atoms with Crippen LogP contribution in [0.5, 0.6) is 0 Å². The lowest BCUT2D eigenvalue weighted by molar-refractivity contribution is 0.432. The summed E-state index contributed by atoms with van der Waals surface area (Å²) >= 11 is 11.7. The van der Waals surface area contributed by atoms with E-state index in [9.17, 15) is 0 Å². The molecule has 7 heteroatoms. The Labute approximate surface area is 108 Å². The van der Waals surface area contributed by atoms with E-state index in [1.807, 2.05) is 6.92 Å². The topological polar surface area (TPSA) is 63.8 Å². The normalized spacial score (nSPS) is 10.5. The van der Waals surface area contributed by atoms with Crippen molar-refractivity contribution in [1.29, 1.82) is 0 Å². The van der Waals surface area contributed by atoms with Crippen molar-refractivity contribution in [2.45, 2.75) is 13.3 Å². The molecular formula is C10H10Cl2N4O. The molecule has 0 aromatic carbocycles. The lowest BCUT2D eigenvalue weighted by atomic mass is 10.3. The number of anilines is 1. The minimum absolute atomic E-state index is 0.338. The van der Waals surface area contributed by atoms with Crippen LogP contribution in [0, 0.1) is 0 Å². The van der Waals surface area contributed by atoms with Gasteiger partial charge in [0.1, 0.15) is 5.69 Å². The maximum absolute atomic E-state index is 5.99. The van der Waals surface area contributed by atoms with Crippen LogP contribution >= 0.6 is 23.2 Å². The molecule has 0 bridgehead atoms. The molecule has 1 N–H and O–H groups in total. The highest BCUT2D eigenvalue weighted by molar-refractivity contribution is 6.35. The van der Waals surface area contributed by atoms with E-state index in [0.717, 1.165) is 13.0 Å². The average molecular weight is 273 g/mol. The zero-order chi connectivity index (χ0) is 12.3. The van der Waals surface area contributed by atoms with Crippen LogP contribution in [0.15, 0.2) is 16.8 Å². The molecule has 2 aromatic rings. The van der Waals surface area contributed by atoms with Crippen molar-refractivity contribution in [1.82, 2.24) is 15.1 Å². The van der Waals surface area contributed by atoms with E-state index >= 15 is 0 Å². The summed E-state index contributed by atoms with van der Waals surface area (Å²) < 4.78 is 5.00. The van der Waals surface area contributed by atoms with Crippen LogP contribution in [0.4, 0.5) is 6.01 Å². The van der Waals surface area contributed by atoms with E-state index in [1.54, 1.807) is 6.07 Å². The van der Waals surface area contributed by atoms with Crippen molar-refractivity contribution in [3.63, 3.8) is 0 Å². The number of rotatable bonds is 4. The maximum Gasteiger partial charge on any atom is 0.321 e. The zero-order valence-electron chi connectivity index (χ0n) is 9.07. The van der Waals surface area contributed by atoms with Gasteiger partial charge in [-0.1, -0.05) is 35.3 Å². The predicted octanol–water partition coefficient (Wildman–Crippen LogP) is 3.26. The third kappa shape index (κ3) is 2.87. The second kappa shape index (κ2) is 5.33. The van der Waals surface area contributed by atoms with Crippen LogP contribution in [0.25, 0.3) is 11.5 Å². The van der Waals surface area contributed by atoms with Crippen LogP contribution in [0.1, 0.15) is 13.3 Å². The molecule has 0 aliphatic heterocycles. The molecule has 0 fully saturated rings. The first kappa shape index (κ1) is 12.1. The molecule has 90 valence electrons. The second-order valence-corrected chi connectivity index (χ2v) is 4.18. The Kier molecular flexibility index (Phi) is 3.81. The van der Waals surface area contributed by atoms with Gasteiger partial charge in [0.2, 0.25) is 5.82 Å². The first-order chi connectivity index (χ1) is 8.20. The summed E-state index contributed by atoms with van der Waals surface area (Å²) in [5.41, 5.74) is 0.448. The molecule has 0 atom stereocenters. The van der Waals surface area contributed by atoms with Gasteiger partial charge in [-0.05, 0) is 12.5 Å². The average Bonchev–Trinajstić information content (AvgIpc) is 2.75. The largest absolute Gasteiger partial charge is 0.338 e. The Morgan fingerprint density at radius 2 is 2.24 bits per heavy atom. The predicted molar refractivity (Wildman–Crippen MR) is 66.3 cm³/mol. The van der Waals surface area contributed by atoms with Gasteiger partial charge in [-0.15, -0.1) is 0 Å². The number of hydrogen-bond acceptors (Lipinski definition) is 5. The fraction of sp³-hybridized carbons (Fsp3) is 0.300. The van der Waals surface area contributed by atoms with Gasteiger partial charge < -0.3 is 9.84 Å². The van der Waals surface area contributed by atoms with Crippen molar-refractivity contribution in [2.75, 3.05) is 11.9 Å². The standard InChI is InChI=1S/C10H10Cl2N4O/c1-2-3-13-10-15-9(16-17-10)8-7(12)4-6(11)5-14-8/h4-5H,2-3H2,1H3,(H,13,15,16). The third-order valence-electron chi connectivity index (χ3n) is 1.97. The highest BCUT2D eigenvalue weighted by Gasteiger charge is 2.13. The van der Waals surface area contributed by atoms with E-state index in [0.29, 0.717) is 27.6 Å². The smallest absolute Gasteiger partial charge is 0.321 e. The molecule has 0 unspecified atom stereocenters. The van der Waals surface area contributed by atoms with Crippen LogP contribution in [-0.4, -0.2) is 21.7 Å². The lowest BCUT2D eigenvalue weighted by Gasteiger charge is -1.97. The molecule has 0 saturated carbocycles. The summed E-state index contributed by atoms with van der Waals surface area (Å²) in [5.74, 6) is 0.338. The molecule has 2 rings (SSSR count). The molecule has 5 nitrogen and oxygen atoms in total. The highest BCUT2D eigenvalue weighted by atomic mass is 35.5. The van der Waals surface area contributed by atoms with Crippen LogP contribution < -0.4 is 5.32 Å². The third-order valence-corrected chi connectivity index (χ3v) is 2.47. The van der Waals surface area contributed by atoms with E-state index in [-0.39, 0.29) is 0 Å². The molecule has 0 amide bonds. The van der Waals surface area contributed by atoms with Gasteiger partial charge in [0.15, 0.2) is 0 Å². The molecule has 0 spiro atoms. The molecule has 2 aromatic heterocycles. The summed E-state index contributed by atoms with van der Waals surface area (Å²) in [4.78, 5) is 8.19. The van der Waals surface area contributed by atoms with E-state index in [1.165, 1.54) is 6.20 Å². The summed E-state index contributed by atoms with van der Waals surface area (Å²) in [6.45, 7) is 2.81. The van der Waals surface area contributed by atoms with Crippen molar-refractivity contribution < 1.29 is 4.52 Å². The fourth-order valence-corrected chi connectivity index (χ4v) is 1.67. The number of hydrogen-bond donors (Lipinski definition) is 1. The van der Waals surface area contributed by atoms with E-state index < -0.39 is 0 Å². The number of pyridine rings is 1.